The van der Waals surface area contributed by atoms with Gasteiger partial charge in [-0.3, -0.25) is 4.79 Å². The molecule has 20 heavy (non-hydrogen) atoms. The van der Waals surface area contributed by atoms with Crippen LogP contribution in [-0.4, -0.2) is 13.0 Å². The largest absolute Gasteiger partial charge is 0.496 e. The highest BCUT2D eigenvalue weighted by Crippen LogP contribution is 2.22. The molecule has 5 heteroatoms. The van der Waals surface area contributed by atoms with Gasteiger partial charge in [-0.05, 0) is 30.3 Å². The van der Waals surface area contributed by atoms with Gasteiger partial charge in [-0.1, -0.05) is 12.1 Å². The van der Waals surface area contributed by atoms with E-state index >= 15 is 0 Å². The first-order valence-corrected chi connectivity index (χ1v) is 5.79. The Kier molecular flexibility index (Phi) is 3.96. The zero-order chi connectivity index (χ0) is 14.5. The zero-order valence-corrected chi connectivity index (χ0v) is 10.7. The van der Waals surface area contributed by atoms with Gasteiger partial charge in [0, 0.05) is 5.69 Å². The summed E-state index contributed by atoms with van der Waals surface area (Å²) in [5.74, 6) is -1.15. The molecule has 0 saturated heterocycles. The average molecular weight is 270 g/mol. The normalized spacial score (nSPS) is 9.65. The number of nitrogens with one attached hydrogen (secondary N) is 1. The van der Waals surface area contributed by atoms with Crippen LogP contribution in [0.5, 0.6) is 5.75 Å². The van der Waals surface area contributed by atoms with Crippen LogP contribution in [0.25, 0.3) is 0 Å². The summed E-state index contributed by atoms with van der Waals surface area (Å²) in [6.45, 7) is 0. The number of benzene rings is 2. The lowest BCUT2D eigenvalue weighted by atomic mass is 10.1. The molecule has 0 saturated carbocycles. The fourth-order valence-corrected chi connectivity index (χ4v) is 1.75. The third kappa shape index (κ3) is 2.75. The topological polar surface area (TPSA) is 62.1 Å². The third-order valence-corrected chi connectivity index (χ3v) is 2.67. The monoisotopic (exact) mass is 270 g/mol. The number of hydrogen-bond acceptors (Lipinski definition) is 3. The van der Waals surface area contributed by atoms with Crippen LogP contribution in [0.3, 0.4) is 0 Å². The fourth-order valence-electron chi connectivity index (χ4n) is 1.75. The van der Waals surface area contributed by atoms with E-state index in [1.807, 2.05) is 6.07 Å². The Morgan fingerprint density at radius 3 is 2.75 bits per heavy atom. The number of nitriles is 1. The molecule has 0 unspecified atom stereocenters. The minimum atomic E-state index is -0.668. The van der Waals surface area contributed by atoms with Crippen molar-refractivity contribution >= 4 is 11.6 Å². The summed E-state index contributed by atoms with van der Waals surface area (Å²) in [5.41, 5.74) is 0.653. The molecule has 0 bridgehead atoms. The smallest absolute Gasteiger partial charge is 0.262 e. The Labute approximate surface area is 115 Å². The van der Waals surface area contributed by atoms with Crippen LogP contribution in [0.15, 0.2) is 42.5 Å². The number of carbonyl (C=O) groups is 1. The van der Waals surface area contributed by atoms with Crippen LogP contribution in [0.4, 0.5) is 10.1 Å². The zero-order valence-electron chi connectivity index (χ0n) is 10.7. The lowest BCUT2D eigenvalue weighted by molar-refractivity contribution is 0.102. The second-order valence-corrected chi connectivity index (χ2v) is 3.96. The van der Waals surface area contributed by atoms with Crippen molar-refractivity contribution in [1.82, 2.24) is 0 Å². The number of methoxy groups -OCH3 is 1. The highest BCUT2D eigenvalue weighted by atomic mass is 19.1. The molecule has 100 valence electrons. The van der Waals surface area contributed by atoms with Crippen LogP contribution in [0.2, 0.25) is 0 Å². The van der Waals surface area contributed by atoms with E-state index in [1.54, 1.807) is 18.2 Å². The Balaban J connectivity index is 2.31. The van der Waals surface area contributed by atoms with Gasteiger partial charge in [0.25, 0.3) is 5.91 Å². The number of rotatable bonds is 3. The van der Waals surface area contributed by atoms with E-state index in [4.69, 9.17) is 10.00 Å². The summed E-state index contributed by atoms with van der Waals surface area (Å²) in [6, 6.07) is 12.5. The molecule has 0 aromatic heterocycles. The van der Waals surface area contributed by atoms with E-state index in [1.165, 1.54) is 31.4 Å². The van der Waals surface area contributed by atoms with Gasteiger partial charge < -0.3 is 10.1 Å². The Bertz CT molecular complexity index is 693. The van der Waals surface area contributed by atoms with Crippen molar-refractivity contribution in [2.24, 2.45) is 0 Å². The summed E-state index contributed by atoms with van der Waals surface area (Å²) in [4.78, 5) is 12.1. The predicted molar refractivity (Wildman–Crippen MR) is 72.1 cm³/mol. The van der Waals surface area contributed by atoms with Crippen LogP contribution < -0.4 is 10.1 Å². The van der Waals surface area contributed by atoms with E-state index in [2.05, 4.69) is 5.32 Å². The SMILES string of the molecule is COc1cccc(F)c1C(=O)Nc1cccc(C#N)c1. The number of nitrogens with zero attached hydrogens (tertiary/aromatic N) is 1. The summed E-state index contributed by atoms with van der Waals surface area (Å²) >= 11 is 0. The van der Waals surface area contributed by atoms with Crippen LogP contribution in [0, 0.1) is 17.1 Å². The van der Waals surface area contributed by atoms with Gasteiger partial charge in [-0.15, -0.1) is 0 Å². The summed E-state index contributed by atoms with van der Waals surface area (Å²) in [7, 11) is 1.36. The molecule has 0 aliphatic heterocycles. The van der Waals surface area contributed by atoms with Crippen molar-refractivity contribution in [3.05, 3.63) is 59.4 Å². The van der Waals surface area contributed by atoms with Gasteiger partial charge in [0.1, 0.15) is 17.1 Å². The van der Waals surface area contributed by atoms with Crippen molar-refractivity contribution in [3.63, 3.8) is 0 Å². The molecule has 4 nitrogen and oxygen atoms in total. The molecule has 2 aromatic carbocycles. The number of ether oxygens (including phenoxy) is 1. The maximum Gasteiger partial charge on any atom is 0.262 e. The first kappa shape index (κ1) is 13.6. The second kappa shape index (κ2) is 5.85. The molecule has 1 N–H and O–H groups in total. The molecule has 0 heterocycles. The van der Waals surface area contributed by atoms with Crippen molar-refractivity contribution in [2.75, 3.05) is 12.4 Å². The second-order valence-electron chi connectivity index (χ2n) is 3.96. The standard InChI is InChI=1S/C15H11FN2O2/c1-20-13-7-3-6-12(16)14(13)15(19)18-11-5-2-4-10(8-11)9-17/h2-8H,1H3,(H,18,19). The van der Waals surface area contributed by atoms with Crippen molar-refractivity contribution in [1.29, 1.82) is 5.26 Å². The molecule has 2 rings (SSSR count). The summed E-state index contributed by atoms with van der Waals surface area (Å²) < 4.78 is 18.7. The quantitative estimate of drug-likeness (QED) is 0.932. The Morgan fingerprint density at radius 1 is 1.30 bits per heavy atom. The number of halogens is 1. The first-order chi connectivity index (χ1) is 9.65. The lowest BCUT2D eigenvalue weighted by Gasteiger charge is -2.10. The van der Waals surface area contributed by atoms with Crippen molar-refractivity contribution < 1.29 is 13.9 Å². The highest BCUT2D eigenvalue weighted by Gasteiger charge is 2.17. The van der Waals surface area contributed by atoms with Crippen LogP contribution in [-0.2, 0) is 0 Å². The fraction of sp³-hybridized carbons (Fsp3) is 0.0667. The van der Waals surface area contributed by atoms with E-state index in [0.717, 1.165) is 0 Å². The van der Waals surface area contributed by atoms with E-state index < -0.39 is 11.7 Å². The Morgan fingerprint density at radius 2 is 2.05 bits per heavy atom. The molecule has 1 amide bonds. The Hall–Kier alpha value is -2.87. The predicted octanol–water partition coefficient (Wildman–Crippen LogP) is 2.96. The maximum absolute atomic E-state index is 13.7. The van der Waals surface area contributed by atoms with Gasteiger partial charge in [0.2, 0.25) is 0 Å². The van der Waals surface area contributed by atoms with E-state index in [-0.39, 0.29) is 11.3 Å². The van der Waals surface area contributed by atoms with Gasteiger partial charge in [-0.25, -0.2) is 4.39 Å². The number of carbonyl (C=O) groups excluding carboxylic acids is 1. The first-order valence-electron chi connectivity index (χ1n) is 5.79. The molecular weight excluding hydrogens is 259 g/mol. The van der Waals surface area contributed by atoms with Crippen LogP contribution in [0.1, 0.15) is 15.9 Å². The van der Waals surface area contributed by atoms with Crippen molar-refractivity contribution in [2.45, 2.75) is 0 Å². The average Bonchev–Trinajstić information content (AvgIpc) is 2.46. The van der Waals surface area contributed by atoms with E-state index in [9.17, 15) is 9.18 Å². The molecule has 0 spiro atoms. The van der Waals surface area contributed by atoms with Gasteiger partial charge in [0.05, 0.1) is 18.7 Å². The molecule has 2 aromatic rings. The third-order valence-electron chi connectivity index (χ3n) is 2.67. The molecular formula is C15H11FN2O2. The van der Waals surface area contributed by atoms with Gasteiger partial charge in [0.15, 0.2) is 0 Å². The highest BCUT2D eigenvalue weighted by molar-refractivity contribution is 6.06. The van der Waals surface area contributed by atoms with Crippen LogP contribution >= 0.6 is 0 Å². The molecule has 0 atom stereocenters. The minimum Gasteiger partial charge on any atom is -0.496 e. The minimum absolute atomic E-state index is 0.152. The molecule has 0 aliphatic carbocycles. The molecule has 0 radical (unpaired) electrons. The van der Waals surface area contributed by atoms with Gasteiger partial charge >= 0.3 is 0 Å². The van der Waals surface area contributed by atoms with E-state index in [0.29, 0.717) is 11.3 Å². The maximum atomic E-state index is 13.7. The van der Waals surface area contributed by atoms with Crippen molar-refractivity contribution in [3.8, 4) is 11.8 Å². The number of amides is 1. The molecule has 0 aliphatic rings. The lowest BCUT2D eigenvalue weighted by Crippen LogP contribution is -2.15. The number of hydrogen-bond donors (Lipinski definition) is 1. The van der Waals surface area contributed by atoms with Gasteiger partial charge in [-0.2, -0.15) is 5.26 Å². The summed E-state index contributed by atoms with van der Waals surface area (Å²) in [5, 5.41) is 11.3. The summed E-state index contributed by atoms with van der Waals surface area (Å²) in [6.07, 6.45) is 0. The number of anilines is 1. The molecule has 0 fully saturated rings.